The van der Waals surface area contributed by atoms with Crippen molar-refractivity contribution in [3.8, 4) is 0 Å². The molecule has 1 aromatic rings. The number of amides is 1. The molecule has 2 aliphatic heterocycles. The lowest BCUT2D eigenvalue weighted by molar-refractivity contribution is -0.149. The zero-order chi connectivity index (χ0) is 12.0. The number of benzene rings is 1. The number of carbonyl (C=O) groups excluding carboxylic acids is 2. The molecule has 0 N–H and O–H groups in total. The van der Waals surface area contributed by atoms with Gasteiger partial charge in [-0.1, -0.05) is 11.6 Å². The fourth-order valence-corrected chi connectivity index (χ4v) is 2.46. The van der Waals surface area contributed by atoms with Crippen LogP contribution >= 0.6 is 11.6 Å². The molecule has 0 aromatic heterocycles. The maximum Gasteiger partial charge on any atom is 0.329 e. The van der Waals surface area contributed by atoms with Crippen LogP contribution in [0.5, 0.6) is 0 Å². The monoisotopic (exact) mass is 251 g/mol. The number of nitrogens with zero attached hydrogens (tertiary/aromatic N) is 1. The van der Waals surface area contributed by atoms with Gasteiger partial charge in [-0.15, -0.1) is 0 Å². The highest BCUT2D eigenvalue weighted by Crippen LogP contribution is 2.30. The number of ether oxygens (including phenoxy) is 1. The molecule has 2 atom stereocenters. The van der Waals surface area contributed by atoms with Gasteiger partial charge in [-0.25, -0.2) is 4.79 Å². The molecule has 1 amide bonds. The number of hydrogen-bond acceptors (Lipinski definition) is 3. The number of likely N-dealkylation sites (tertiary alicyclic amines) is 1. The van der Waals surface area contributed by atoms with E-state index < -0.39 is 6.04 Å². The third-order valence-electron chi connectivity index (χ3n) is 3.17. The van der Waals surface area contributed by atoms with Gasteiger partial charge in [0.05, 0.1) is 6.54 Å². The lowest BCUT2D eigenvalue weighted by Gasteiger charge is -2.25. The van der Waals surface area contributed by atoms with Gasteiger partial charge in [0.1, 0.15) is 12.1 Å². The van der Waals surface area contributed by atoms with Crippen LogP contribution in [0.1, 0.15) is 16.8 Å². The van der Waals surface area contributed by atoms with Crippen molar-refractivity contribution in [1.82, 2.24) is 4.90 Å². The summed E-state index contributed by atoms with van der Waals surface area (Å²) in [7, 11) is 0. The zero-order valence-electron chi connectivity index (χ0n) is 8.93. The quantitative estimate of drug-likeness (QED) is 0.711. The van der Waals surface area contributed by atoms with Crippen molar-refractivity contribution in [1.29, 1.82) is 0 Å². The van der Waals surface area contributed by atoms with Gasteiger partial charge in [0, 0.05) is 17.0 Å². The fraction of sp³-hybridized carbons (Fsp3) is 0.333. The standard InChI is InChI=1S/C12H10ClNO3/c13-8-3-1-7(2-4-8)11(15)14-6-9-5-10(14)12(16)17-9/h1-4,9-10H,5-6H2/t9-,10-/m1/s1. The molecule has 1 aromatic carbocycles. The topological polar surface area (TPSA) is 46.6 Å². The van der Waals surface area contributed by atoms with E-state index in [4.69, 9.17) is 16.3 Å². The molecule has 0 saturated carbocycles. The molecule has 4 nitrogen and oxygen atoms in total. The number of halogens is 1. The Morgan fingerprint density at radius 2 is 2.06 bits per heavy atom. The number of esters is 1. The Bertz CT molecular complexity index is 485. The molecule has 2 heterocycles. The summed E-state index contributed by atoms with van der Waals surface area (Å²) in [5, 5.41) is 0.587. The Labute approximate surface area is 103 Å². The van der Waals surface area contributed by atoms with Crippen molar-refractivity contribution in [3.63, 3.8) is 0 Å². The van der Waals surface area contributed by atoms with Gasteiger partial charge in [0.25, 0.3) is 5.91 Å². The summed E-state index contributed by atoms with van der Waals surface area (Å²) in [5.74, 6) is -0.422. The molecule has 3 rings (SSSR count). The minimum Gasteiger partial charge on any atom is -0.459 e. The summed E-state index contributed by atoms with van der Waals surface area (Å²) in [6.07, 6.45) is 0.502. The van der Waals surface area contributed by atoms with Crippen LogP contribution in [0.15, 0.2) is 24.3 Å². The largest absolute Gasteiger partial charge is 0.459 e. The Morgan fingerprint density at radius 3 is 2.65 bits per heavy atom. The van der Waals surface area contributed by atoms with E-state index in [1.165, 1.54) is 0 Å². The minimum atomic E-state index is -0.400. The molecule has 0 spiro atoms. The van der Waals surface area contributed by atoms with Crippen LogP contribution < -0.4 is 0 Å². The summed E-state index contributed by atoms with van der Waals surface area (Å²) in [5.41, 5.74) is 0.551. The highest BCUT2D eigenvalue weighted by molar-refractivity contribution is 6.30. The molecule has 17 heavy (non-hydrogen) atoms. The first-order valence-electron chi connectivity index (χ1n) is 5.42. The molecule has 0 aliphatic carbocycles. The fourth-order valence-electron chi connectivity index (χ4n) is 2.33. The van der Waals surface area contributed by atoms with Crippen molar-refractivity contribution in [3.05, 3.63) is 34.9 Å². The lowest BCUT2D eigenvalue weighted by Crippen LogP contribution is -2.44. The maximum atomic E-state index is 12.2. The Kier molecular flexibility index (Phi) is 2.33. The normalized spacial score (nSPS) is 26.2. The van der Waals surface area contributed by atoms with E-state index in [0.29, 0.717) is 23.6 Å². The summed E-state index contributed by atoms with van der Waals surface area (Å²) in [4.78, 5) is 25.2. The predicted octanol–water partition coefficient (Wildman–Crippen LogP) is 1.48. The van der Waals surface area contributed by atoms with E-state index in [1.807, 2.05) is 0 Å². The van der Waals surface area contributed by atoms with E-state index in [0.717, 1.165) is 0 Å². The summed E-state index contributed by atoms with van der Waals surface area (Å²) >= 11 is 5.76. The number of morpholine rings is 1. The van der Waals surface area contributed by atoms with Crippen LogP contribution in [0.3, 0.4) is 0 Å². The van der Waals surface area contributed by atoms with Crippen LogP contribution in [-0.2, 0) is 9.53 Å². The van der Waals surface area contributed by atoms with Gasteiger partial charge < -0.3 is 9.64 Å². The SMILES string of the molecule is O=C1O[C@@H]2C[C@H]1N(C(=O)c1ccc(Cl)cc1)C2. The highest BCUT2D eigenvalue weighted by Gasteiger charge is 2.48. The molecule has 0 radical (unpaired) electrons. The second-order valence-corrected chi connectivity index (χ2v) is 4.71. The van der Waals surface area contributed by atoms with E-state index >= 15 is 0 Å². The molecule has 2 fully saturated rings. The Hall–Kier alpha value is -1.55. The van der Waals surface area contributed by atoms with E-state index in [1.54, 1.807) is 29.2 Å². The summed E-state index contributed by atoms with van der Waals surface area (Å²) in [6, 6.07) is 6.27. The highest BCUT2D eigenvalue weighted by atomic mass is 35.5. The average Bonchev–Trinajstić information content (AvgIpc) is 2.87. The molecule has 0 unspecified atom stereocenters. The van der Waals surface area contributed by atoms with Gasteiger partial charge in [-0.3, -0.25) is 4.79 Å². The third-order valence-corrected chi connectivity index (χ3v) is 3.42. The van der Waals surface area contributed by atoms with Crippen molar-refractivity contribution >= 4 is 23.5 Å². The minimum absolute atomic E-state index is 0.122. The average molecular weight is 252 g/mol. The third kappa shape index (κ3) is 1.69. The smallest absolute Gasteiger partial charge is 0.329 e. The number of carbonyl (C=O) groups is 2. The Balaban J connectivity index is 1.84. The van der Waals surface area contributed by atoms with Crippen molar-refractivity contribution < 1.29 is 14.3 Å². The Morgan fingerprint density at radius 1 is 1.35 bits per heavy atom. The van der Waals surface area contributed by atoms with Gasteiger partial charge in [0.2, 0.25) is 0 Å². The maximum absolute atomic E-state index is 12.2. The molecule has 2 aliphatic rings. The van der Waals surface area contributed by atoms with E-state index in [9.17, 15) is 9.59 Å². The first kappa shape index (κ1) is 10.6. The number of hydrogen-bond donors (Lipinski definition) is 0. The predicted molar refractivity (Wildman–Crippen MR) is 60.8 cm³/mol. The van der Waals surface area contributed by atoms with Crippen LogP contribution in [0.25, 0.3) is 0 Å². The molecule has 2 bridgehead atoms. The van der Waals surface area contributed by atoms with Crippen molar-refractivity contribution in [2.45, 2.75) is 18.6 Å². The first-order valence-corrected chi connectivity index (χ1v) is 5.80. The number of rotatable bonds is 1. The van der Waals surface area contributed by atoms with Gasteiger partial charge in [-0.05, 0) is 24.3 Å². The van der Waals surface area contributed by atoms with Crippen LogP contribution in [0, 0.1) is 0 Å². The molecular weight excluding hydrogens is 242 g/mol. The van der Waals surface area contributed by atoms with Crippen LogP contribution in [-0.4, -0.2) is 35.5 Å². The lowest BCUT2D eigenvalue weighted by atomic mass is 10.2. The first-order chi connectivity index (χ1) is 8.15. The summed E-state index contributed by atoms with van der Waals surface area (Å²) in [6.45, 7) is 0.498. The second-order valence-electron chi connectivity index (χ2n) is 4.27. The molecule has 2 saturated heterocycles. The summed E-state index contributed by atoms with van der Waals surface area (Å²) < 4.78 is 5.04. The van der Waals surface area contributed by atoms with Gasteiger partial charge in [0.15, 0.2) is 0 Å². The van der Waals surface area contributed by atoms with Crippen LogP contribution in [0.2, 0.25) is 5.02 Å². The van der Waals surface area contributed by atoms with E-state index in [2.05, 4.69) is 0 Å². The molecule has 5 heteroatoms. The second kappa shape index (κ2) is 3.74. The van der Waals surface area contributed by atoms with Gasteiger partial charge in [-0.2, -0.15) is 0 Å². The van der Waals surface area contributed by atoms with Crippen molar-refractivity contribution in [2.75, 3.05) is 6.54 Å². The molecular formula is C12H10ClNO3. The van der Waals surface area contributed by atoms with Gasteiger partial charge >= 0.3 is 5.97 Å². The van der Waals surface area contributed by atoms with E-state index in [-0.39, 0.29) is 18.0 Å². The number of fused-ring (bicyclic) bond motifs is 2. The zero-order valence-corrected chi connectivity index (χ0v) is 9.68. The van der Waals surface area contributed by atoms with Crippen molar-refractivity contribution in [2.24, 2.45) is 0 Å². The molecule has 88 valence electrons. The van der Waals surface area contributed by atoms with Crippen LogP contribution in [0.4, 0.5) is 0 Å².